The van der Waals surface area contributed by atoms with Crippen LogP contribution >= 0.6 is 0 Å². The van der Waals surface area contributed by atoms with Gasteiger partial charge in [-0.05, 0) is 11.2 Å². The molecular formula is C10H10F3N6+. The highest BCUT2D eigenvalue weighted by molar-refractivity contribution is 5.82. The van der Waals surface area contributed by atoms with Gasteiger partial charge in [-0.1, -0.05) is 18.2 Å². The van der Waals surface area contributed by atoms with Crippen molar-refractivity contribution >= 4 is 12.2 Å². The normalized spacial score (nSPS) is 11.9. The fourth-order valence-electron chi connectivity index (χ4n) is 1.38. The molecule has 0 unspecified atom stereocenters. The average Bonchev–Trinajstić information content (AvgIpc) is 2.75. The zero-order valence-corrected chi connectivity index (χ0v) is 9.52. The van der Waals surface area contributed by atoms with Gasteiger partial charge in [0.15, 0.2) is 0 Å². The summed E-state index contributed by atoms with van der Waals surface area (Å²) in [5.74, 6) is 5.66. The number of hydrogen-bond acceptors (Lipinski definition) is 4. The molecule has 4 N–H and O–H groups in total. The van der Waals surface area contributed by atoms with Gasteiger partial charge in [-0.3, -0.25) is 5.84 Å². The van der Waals surface area contributed by atoms with Crippen LogP contribution in [-0.4, -0.2) is 16.4 Å². The maximum atomic E-state index is 12.7. The molecule has 0 fully saturated rings. The molecular weight excluding hydrogens is 261 g/mol. The summed E-state index contributed by atoms with van der Waals surface area (Å²) in [5, 5.41) is 9.75. The largest absolute Gasteiger partial charge is 0.417 e. The van der Waals surface area contributed by atoms with Crippen LogP contribution in [0.2, 0.25) is 0 Å². The molecule has 6 nitrogen and oxygen atoms in total. The Morgan fingerprint density at radius 3 is 2.74 bits per heavy atom. The van der Waals surface area contributed by atoms with Gasteiger partial charge in [-0.15, -0.1) is 14.9 Å². The van der Waals surface area contributed by atoms with Gasteiger partial charge in [-0.2, -0.15) is 18.6 Å². The number of H-pyrrole nitrogens is 1. The van der Waals surface area contributed by atoms with Crippen LogP contribution in [0.15, 0.2) is 35.7 Å². The van der Waals surface area contributed by atoms with E-state index in [1.165, 1.54) is 24.5 Å². The number of hydrazone groups is 1. The lowest BCUT2D eigenvalue weighted by molar-refractivity contribution is -0.624. The second-order valence-corrected chi connectivity index (χ2v) is 3.57. The highest BCUT2D eigenvalue weighted by atomic mass is 19.4. The van der Waals surface area contributed by atoms with Gasteiger partial charge in [0.2, 0.25) is 0 Å². The Morgan fingerprint density at radius 1 is 1.37 bits per heavy atom. The van der Waals surface area contributed by atoms with Crippen LogP contribution in [0, 0.1) is 0 Å². The number of nitrogens with one attached hydrogen (secondary N) is 2. The Morgan fingerprint density at radius 2 is 2.11 bits per heavy atom. The molecule has 0 saturated carbocycles. The lowest BCUT2D eigenvalue weighted by Crippen LogP contribution is -2.44. The van der Waals surface area contributed by atoms with Gasteiger partial charge < -0.3 is 0 Å². The number of aromatic nitrogens is 3. The predicted octanol–water partition coefficient (Wildman–Crippen LogP) is 0.876. The van der Waals surface area contributed by atoms with Crippen molar-refractivity contribution in [1.29, 1.82) is 0 Å². The number of nitrogen functional groups attached to an aromatic ring is 1. The standard InChI is InChI=1S/C10H9F3N6/c11-10(12,13)8-4-2-1-3-7(8)5-15-17-9-18-16-6-19(9)14/h1-6H,14H2,(H,17,18)/p+1/b15-5+. The summed E-state index contributed by atoms with van der Waals surface area (Å²) in [6.07, 6.45) is -2.09. The summed E-state index contributed by atoms with van der Waals surface area (Å²) in [7, 11) is 0. The molecule has 2 aromatic rings. The predicted molar refractivity (Wildman–Crippen MR) is 61.6 cm³/mol. The Bertz CT molecular complexity index is 589. The topological polar surface area (TPSA) is 83.0 Å². The van der Waals surface area contributed by atoms with E-state index in [0.29, 0.717) is 0 Å². The van der Waals surface area contributed by atoms with Crippen molar-refractivity contribution in [2.45, 2.75) is 6.18 Å². The number of rotatable bonds is 3. The maximum Gasteiger partial charge on any atom is 0.417 e. The van der Waals surface area contributed by atoms with Gasteiger partial charge in [0.1, 0.15) is 0 Å². The number of alkyl halides is 3. The Balaban J connectivity index is 2.18. The summed E-state index contributed by atoms with van der Waals surface area (Å²) < 4.78 is 39.2. The van der Waals surface area contributed by atoms with Gasteiger partial charge >= 0.3 is 12.1 Å². The third kappa shape index (κ3) is 3.00. The lowest BCUT2D eigenvalue weighted by Gasteiger charge is -2.08. The molecule has 1 aromatic carbocycles. The number of nitrogens with zero attached hydrogens (tertiary/aromatic N) is 3. The average molecular weight is 271 g/mol. The van der Waals surface area contributed by atoms with Crippen LogP contribution in [-0.2, 0) is 6.18 Å². The highest BCUT2D eigenvalue weighted by Gasteiger charge is 2.32. The number of nitrogens with two attached hydrogens (primary N) is 1. The quantitative estimate of drug-likeness (QED) is 0.335. The van der Waals surface area contributed by atoms with Crippen LogP contribution < -0.4 is 15.9 Å². The number of halogens is 3. The van der Waals surface area contributed by atoms with Crippen molar-refractivity contribution < 1.29 is 17.8 Å². The van der Waals surface area contributed by atoms with Gasteiger partial charge in [-0.25, -0.2) is 0 Å². The maximum absolute atomic E-state index is 12.7. The van der Waals surface area contributed by atoms with Crippen molar-refractivity contribution in [2.24, 2.45) is 5.10 Å². The van der Waals surface area contributed by atoms with Crippen molar-refractivity contribution in [3.8, 4) is 0 Å². The van der Waals surface area contributed by atoms with E-state index in [-0.39, 0.29) is 11.5 Å². The Hall–Kier alpha value is -2.58. The molecule has 0 aliphatic rings. The molecule has 0 atom stereocenters. The Kier molecular flexibility index (Phi) is 3.36. The third-order valence-electron chi connectivity index (χ3n) is 2.25. The van der Waals surface area contributed by atoms with Crippen molar-refractivity contribution in [2.75, 3.05) is 11.3 Å². The van der Waals surface area contributed by atoms with E-state index in [4.69, 9.17) is 5.84 Å². The number of benzene rings is 1. The van der Waals surface area contributed by atoms with Crippen LogP contribution in [0.1, 0.15) is 11.1 Å². The second-order valence-electron chi connectivity index (χ2n) is 3.57. The minimum atomic E-state index is -4.43. The molecule has 1 heterocycles. The van der Waals surface area contributed by atoms with E-state index < -0.39 is 11.7 Å². The SMILES string of the molecule is N[n+]1cn[nH]c1N/N=C/c1ccccc1C(F)(F)F. The van der Waals surface area contributed by atoms with E-state index in [0.717, 1.165) is 17.0 Å². The van der Waals surface area contributed by atoms with Crippen LogP contribution in [0.25, 0.3) is 0 Å². The van der Waals surface area contributed by atoms with Crippen molar-refractivity contribution in [3.63, 3.8) is 0 Å². The smallest absolute Gasteiger partial charge is 0.299 e. The van der Waals surface area contributed by atoms with E-state index >= 15 is 0 Å². The monoisotopic (exact) mass is 271 g/mol. The molecule has 1 aromatic heterocycles. The molecule has 2 rings (SSSR count). The summed E-state index contributed by atoms with van der Waals surface area (Å²) in [4.78, 5) is 0. The molecule has 19 heavy (non-hydrogen) atoms. The van der Waals surface area contributed by atoms with Gasteiger partial charge in [0.05, 0.1) is 11.8 Å². The lowest BCUT2D eigenvalue weighted by atomic mass is 10.1. The second kappa shape index (κ2) is 4.96. The molecule has 0 aliphatic heterocycles. The molecule has 0 spiro atoms. The minimum absolute atomic E-state index is 0.0504. The zero-order valence-electron chi connectivity index (χ0n) is 9.52. The summed E-state index contributed by atoms with van der Waals surface area (Å²) in [6.45, 7) is 0. The van der Waals surface area contributed by atoms with Crippen LogP contribution in [0.3, 0.4) is 0 Å². The molecule has 0 amide bonds. The first-order chi connectivity index (χ1) is 8.98. The first kappa shape index (κ1) is 12.9. The fourth-order valence-corrected chi connectivity index (χ4v) is 1.38. The van der Waals surface area contributed by atoms with Crippen LogP contribution in [0.4, 0.5) is 19.1 Å². The summed E-state index contributed by atoms with van der Waals surface area (Å²) in [6, 6.07) is 5.12. The molecule has 9 heteroatoms. The van der Waals surface area contributed by atoms with E-state index in [9.17, 15) is 13.2 Å². The molecule has 100 valence electrons. The fraction of sp³-hybridized carbons (Fsp3) is 0.100. The molecule has 0 saturated heterocycles. The first-order valence-corrected chi connectivity index (χ1v) is 5.14. The van der Waals surface area contributed by atoms with Crippen molar-refractivity contribution in [1.82, 2.24) is 10.2 Å². The minimum Gasteiger partial charge on any atom is -0.299 e. The molecule has 0 radical (unpaired) electrons. The number of hydrogen-bond donors (Lipinski definition) is 3. The Labute approximate surface area is 105 Å². The van der Waals surface area contributed by atoms with E-state index in [1.807, 2.05) is 0 Å². The van der Waals surface area contributed by atoms with E-state index in [2.05, 4.69) is 20.7 Å². The summed E-state index contributed by atoms with van der Waals surface area (Å²) in [5.41, 5.74) is 1.63. The highest BCUT2D eigenvalue weighted by Crippen LogP contribution is 2.30. The molecule has 0 aliphatic carbocycles. The first-order valence-electron chi connectivity index (χ1n) is 5.14. The van der Waals surface area contributed by atoms with Gasteiger partial charge in [0.25, 0.3) is 6.33 Å². The zero-order chi connectivity index (χ0) is 13.9. The van der Waals surface area contributed by atoms with Crippen molar-refractivity contribution in [3.05, 3.63) is 41.7 Å². The van der Waals surface area contributed by atoms with E-state index in [1.54, 1.807) is 0 Å². The van der Waals surface area contributed by atoms with Gasteiger partial charge in [0, 0.05) is 5.56 Å². The van der Waals surface area contributed by atoms with Crippen LogP contribution in [0.5, 0.6) is 0 Å². The molecule has 0 bridgehead atoms. The number of aromatic amines is 1. The third-order valence-corrected chi connectivity index (χ3v) is 2.25. The number of anilines is 1. The summed E-state index contributed by atoms with van der Waals surface area (Å²) >= 11 is 0.